The molecular formula is C21H27NO10. The summed E-state index contributed by atoms with van der Waals surface area (Å²) in [6.45, 7) is 6.04. The summed E-state index contributed by atoms with van der Waals surface area (Å²) in [5.74, 6) is -3.49. The molecule has 0 saturated heterocycles. The van der Waals surface area contributed by atoms with Crippen LogP contribution in [0.1, 0.15) is 34.6 Å². The molecule has 11 nitrogen and oxygen atoms in total. The molecule has 1 rings (SSSR count). The third-order valence-corrected chi connectivity index (χ3v) is 3.72. The number of amides is 1. The Kier molecular flexibility index (Phi) is 10.7. The molecule has 0 aliphatic heterocycles. The minimum Gasteiger partial charge on any atom is -0.494 e. The zero-order valence-electron chi connectivity index (χ0n) is 18.5. The van der Waals surface area contributed by atoms with E-state index < -0.39 is 54.7 Å². The molecule has 0 bridgehead atoms. The third-order valence-electron chi connectivity index (χ3n) is 3.72. The average Bonchev–Trinajstić information content (AvgIpc) is 2.68. The summed E-state index contributed by atoms with van der Waals surface area (Å²) in [6.07, 6.45) is -4.74. The van der Waals surface area contributed by atoms with Crippen LogP contribution in [0.2, 0.25) is 0 Å². The Labute approximate surface area is 185 Å². The van der Waals surface area contributed by atoms with Crippen LogP contribution >= 0.6 is 0 Å². The van der Waals surface area contributed by atoms with E-state index >= 15 is 0 Å². The topological polar surface area (TPSA) is 144 Å². The van der Waals surface area contributed by atoms with Crippen LogP contribution in [0.15, 0.2) is 24.3 Å². The zero-order chi connectivity index (χ0) is 24.3. The quantitative estimate of drug-likeness (QED) is 0.385. The van der Waals surface area contributed by atoms with E-state index in [1.165, 1.54) is 0 Å². The maximum Gasteiger partial charge on any atom is 0.303 e. The first kappa shape index (κ1) is 26.4. The van der Waals surface area contributed by atoms with Crippen molar-refractivity contribution in [2.75, 3.05) is 18.5 Å². The summed E-state index contributed by atoms with van der Waals surface area (Å²) in [4.78, 5) is 59.1. The largest absolute Gasteiger partial charge is 0.494 e. The number of esters is 4. The van der Waals surface area contributed by atoms with E-state index in [0.717, 1.165) is 27.7 Å². The predicted octanol–water partition coefficient (Wildman–Crippen LogP) is 1.38. The van der Waals surface area contributed by atoms with Crippen molar-refractivity contribution >= 4 is 35.5 Å². The Bertz CT molecular complexity index is 820. The van der Waals surface area contributed by atoms with Crippen molar-refractivity contribution in [3.63, 3.8) is 0 Å². The molecule has 32 heavy (non-hydrogen) atoms. The van der Waals surface area contributed by atoms with Gasteiger partial charge in [-0.15, -0.1) is 0 Å². The van der Waals surface area contributed by atoms with Crippen LogP contribution in [0.3, 0.4) is 0 Å². The molecule has 0 radical (unpaired) electrons. The van der Waals surface area contributed by atoms with Gasteiger partial charge >= 0.3 is 23.9 Å². The fourth-order valence-corrected chi connectivity index (χ4v) is 2.60. The number of rotatable bonds is 11. The van der Waals surface area contributed by atoms with Crippen molar-refractivity contribution in [1.29, 1.82) is 0 Å². The molecule has 11 heteroatoms. The summed E-state index contributed by atoms with van der Waals surface area (Å²) >= 11 is 0. The Morgan fingerprint density at radius 1 is 0.812 bits per heavy atom. The van der Waals surface area contributed by atoms with Crippen LogP contribution in [0, 0.1) is 0 Å². The molecule has 0 heterocycles. The van der Waals surface area contributed by atoms with E-state index in [0.29, 0.717) is 18.0 Å². The molecule has 0 spiro atoms. The van der Waals surface area contributed by atoms with Gasteiger partial charge < -0.3 is 29.0 Å². The summed E-state index contributed by atoms with van der Waals surface area (Å²) < 4.78 is 25.5. The molecule has 0 aromatic heterocycles. The molecule has 1 amide bonds. The van der Waals surface area contributed by atoms with E-state index in [4.69, 9.17) is 23.7 Å². The standard InChI is InChI=1S/C21H27NO10/c1-6-28-17-9-7-16(8-10-17)22-21(27)20(32-15(5)26)19(31-14(4)25)18(30-13(3)24)11-29-12(2)23/h7-10,18-20H,6,11H2,1-5H3,(H,22,27)/t18-,19+,20-/m1/s1. The van der Waals surface area contributed by atoms with E-state index in [2.05, 4.69) is 5.32 Å². The number of nitrogens with one attached hydrogen (secondary N) is 1. The van der Waals surface area contributed by atoms with Crippen LogP contribution < -0.4 is 10.1 Å². The molecule has 1 aromatic carbocycles. The normalized spacial score (nSPS) is 13.0. The Balaban J connectivity index is 3.23. The lowest BCUT2D eigenvalue weighted by Gasteiger charge is -2.30. The smallest absolute Gasteiger partial charge is 0.303 e. The van der Waals surface area contributed by atoms with Crippen molar-refractivity contribution < 1.29 is 47.7 Å². The van der Waals surface area contributed by atoms with Gasteiger partial charge in [0.2, 0.25) is 6.10 Å². The third kappa shape index (κ3) is 9.45. The van der Waals surface area contributed by atoms with Gasteiger partial charge in [0.15, 0.2) is 12.2 Å². The van der Waals surface area contributed by atoms with Gasteiger partial charge in [-0.3, -0.25) is 24.0 Å². The SMILES string of the molecule is CCOc1ccc(NC(=O)[C@H](OC(C)=O)[C@@H](OC(C)=O)[C@@H](COC(C)=O)OC(C)=O)cc1. The summed E-state index contributed by atoms with van der Waals surface area (Å²) in [7, 11) is 0. The predicted molar refractivity (Wildman–Crippen MR) is 110 cm³/mol. The molecule has 176 valence electrons. The number of hydrogen-bond acceptors (Lipinski definition) is 10. The van der Waals surface area contributed by atoms with E-state index in [1.807, 2.05) is 6.92 Å². The van der Waals surface area contributed by atoms with Crippen molar-refractivity contribution in [3.05, 3.63) is 24.3 Å². The van der Waals surface area contributed by atoms with Crippen LogP contribution in [-0.4, -0.2) is 61.3 Å². The highest BCUT2D eigenvalue weighted by Crippen LogP contribution is 2.19. The lowest BCUT2D eigenvalue weighted by Crippen LogP contribution is -2.52. The number of ether oxygens (including phenoxy) is 5. The monoisotopic (exact) mass is 453 g/mol. The Morgan fingerprint density at radius 2 is 1.38 bits per heavy atom. The van der Waals surface area contributed by atoms with Gasteiger partial charge in [-0.1, -0.05) is 0 Å². The summed E-state index contributed by atoms with van der Waals surface area (Å²) in [5, 5.41) is 2.53. The zero-order valence-corrected chi connectivity index (χ0v) is 18.5. The van der Waals surface area contributed by atoms with Crippen LogP contribution in [0.4, 0.5) is 5.69 Å². The highest BCUT2D eigenvalue weighted by molar-refractivity contribution is 5.96. The molecule has 0 aliphatic rings. The highest BCUT2D eigenvalue weighted by atomic mass is 16.6. The molecule has 0 saturated carbocycles. The maximum absolute atomic E-state index is 13.0. The molecular weight excluding hydrogens is 426 g/mol. The Morgan fingerprint density at radius 3 is 1.84 bits per heavy atom. The van der Waals surface area contributed by atoms with Crippen molar-refractivity contribution in [1.82, 2.24) is 0 Å². The first-order valence-electron chi connectivity index (χ1n) is 9.72. The second kappa shape index (κ2) is 12.9. The minimum absolute atomic E-state index is 0.334. The lowest BCUT2D eigenvalue weighted by molar-refractivity contribution is -0.190. The maximum atomic E-state index is 13.0. The lowest BCUT2D eigenvalue weighted by atomic mass is 10.1. The van der Waals surface area contributed by atoms with Gasteiger partial charge in [0, 0.05) is 33.4 Å². The van der Waals surface area contributed by atoms with Crippen LogP contribution in [-0.2, 0) is 42.9 Å². The van der Waals surface area contributed by atoms with Gasteiger partial charge in [0.05, 0.1) is 6.61 Å². The fourth-order valence-electron chi connectivity index (χ4n) is 2.60. The van der Waals surface area contributed by atoms with Crippen molar-refractivity contribution in [2.45, 2.75) is 52.9 Å². The van der Waals surface area contributed by atoms with Gasteiger partial charge in [0.1, 0.15) is 12.4 Å². The van der Waals surface area contributed by atoms with E-state index in [1.54, 1.807) is 24.3 Å². The van der Waals surface area contributed by atoms with Crippen molar-refractivity contribution in [3.8, 4) is 5.75 Å². The summed E-state index contributed by atoms with van der Waals surface area (Å²) in [5.41, 5.74) is 0.334. The van der Waals surface area contributed by atoms with Crippen LogP contribution in [0.5, 0.6) is 5.75 Å². The molecule has 0 fully saturated rings. The second-order valence-electron chi connectivity index (χ2n) is 6.50. The minimum atomic E-state index is -1.72. The molecule has 1 N–H and O–H groups in total. The number of carbonyl (C=O) groups is 5. The summed E-state index contributed by atoms with van der Waals surface area (Å²) in [6, 6.07) is 6.34. The molecule has 3 atom stereocenters. The number of benzene rings is 1. The number of carbonyl (C=O) groups excluding carboxylic acids is 5. The number of anilines is 1. The van der Waals surface area contributed by atoms with Gasteiger partial charge in [-0.2, -0.15) is 0 Å². The number of hydrogen-bond donors (Lipinski definition) is 1. The van der Waals surface area contributed by atoms with Gasteiger partial charge in [0.25, 0.3) is 5.91 Å². The van der Waals surface area contributed by atoms with Crippen LogP contribution in [0.25, 0.3) is 0 Å². The first-order valence-corrected chi connectivity index (χ1v) is 9.72. The molecule has 1 aromatic rings. The first-order chi connectivity index (χ1) is 15.0. The highest BCUT2D eigenvalue weighted by Gasteiger charge is 2.42. The average molecular weight is 453 g/mol. The molecule has 0 aliphatic carbocycles. The van der Waals surface area contributed by atoms with Gasteiger partial charge in [-0.05, 0) is 31.2 Å². The second-order valence-corrected chi connectivity index (χ2v) is 6.50. The van der Waals surface area contributed by atoms with E-state index in [9.17, 15) is 24.0 Å². The van der Waals surface area contributed by atoms with Crippen molar-refractivity contribution in [2.24, 2.45) is 0 Å². The van der Waals surface area contributed by atoms with E-state index in [-0.39, 0.29) is 0 Å². The molecule has 0 unspecified atom stereocenters. The Hall–Kier alpha value is -3.63. The fraction of sp³-hybridized carbons (Fsp3) is 0.476. The van der Waals surface area contributed by atoms with Gasteiger partial charge in [-0.25, -0.2) is 0 Å².